The third-order valence-corrected chi connectivity index (χ3v) is 8.00. The minimum Gasteiger partial charge on any atom is -0.207 e. The average molecular weight is 413 g/mol. The van der Waals surface area contributed by atoms with Gasteiger partial charge >= 0.3 is 0 Å². The first kappa shape index (κ1) is 23.6. The van der Waals surface area contributed by atoms with Crippen LogP contribution in [0.4, 0.5) is 4.39 Å². The molecule has 2 aliphatic carbocycles. The predicted molar refractivity (Wildman–Crippen MR) is 128 cm³/mol. The Labute approximate surface area is 185 Å². The maximum atomic E-state index is 13.7. The second kappa shape index (κ2) is 12.7. The van der Waals surface area contributed by atoms with Crippen LogP contribution in [-0.2, 0) is 6.42 Å². The molecule has 1 aromatic carbocycles. The van der Waals surface area contributed by atoms with E-state index >= 15 is 0 Å². The Balaban J connectivity index is 1.28. The van der Waals surface area contributed by atoms with Crippen LogP contribution in [0.25, 0.3) is 0 Å². The van der Waals surface area contributed by atoms with Crippen molar-refractivity contribution in [2.45, 2.75) is 117 Å². The van der Waals surface area contributed by atoms with E-state index in [0.717, 1.165) is 41.7 Å². The van der Waals surface area contributed by atoms with E-state index in [-0.39, 0.29) is 5.82 Å². The van der Waals surface area contributed by atoms with Crippen molar-refractivity contribution < 1.29 is 4.39 Å². The summed E-state index contributed by atoms with van der Waals surface area (Å²) >= 11 is 0. The Morgan fingerprint density at radius 2 is 1.57 bits per heavy atom. The molecule has 1 unspecified atom stereocenters. The molecule has 2 aliphatic rings. The number of rotatable bonds is 11. The smallest absolute Gasteiger partial charge is 0.126 e. The molecule has 0 nitrogen and oxygen atoms in total. The lowest BCUT2D eigenvalue weighted by atomic mass is 9.76. The molecule has 0 aliphatic heterocycles. The lowest BCUT2D eigenvalue weighted by Gasteiger charge is -2.30. The van der Waals surface area contributed by atoms with E-state index < -0.39 is 0 Å². The SMILES string of the molecule is CCCCCC[C@H]1CC[C@H](CCC2CC=C(CCc3ccc(C)c(F)c3)CC2)CC1. The minimum atomic E-state index is -0.0595. The van der Waals surface area contributed by atoms with Gasteiger partial charge in [0, 0.05) is 0 Å². The summed E-state index contributed by atoms with van der Waals surface area (Å²) in [4.78, 5) is 0. The summed E-state index contributed by atoms with van der Waals surface area (Å²) in [5, 5.41) is 0. The molecule has 1 atom stereocenters. The number of unbranched alkanes of at least 4 members (excludes halogenated alkanes) is 3. The fourth-order valence-electron chi connectivity index (χ4n) is 5.67. The van der Waals surface area contributed by atoms with Crippen LogP contribution in [0, 0.1) is 30.5 Å². The summed E-state index contributed by atoms with van der Waals surface area (Å²) in [6.07, 6.45) is 24.7. The lowest BCUT2D eigenvalue weighted by Crippen LogP contribution is -2.16. The van der Waals surface area contributed by atoms with Crippen LogP contribution < -0.4 is 0 Å². The highest BCUT2D eigenvalue weighted by Gasteiger charge is 2.22. The van der Waals surface area contributed by atoms with Crippen molar-refractivity contribution in [3.63, 3.8) is 0 Å². The largest absolute Gasteiger partial charge is 0.207 e. The number of halogens is 1. The average Bonchev–Trinajstić information content (AvgIpc) is 2.77. The lowest BCUT2D eigenvalue weighted by molar-refractivity contribution is 0.234. The van der Waals surface area contributed by atoms with Gasteiger partial charge in [-0.15, -0.1) is 0 Å². The Hall–Kier alpha value is -1.11. The molecular formula is C29H45F. The van der Waals surface area contributed by atoms with Crippen molar-refractivity contribution in [2.24, 2.45) is 17.8 Å². The topological polar surface area (TPSA) is 0 Å². The maximum absolute atomic E-state index is 13.7. The second-order valence-corrected chi connectivity index (χ2v) is 10.4. The molecule has 0 N–H and O–H groups in total. The molecule has 1 fully saturated rings. The zero-order chi connectivity index (χ0) is 21.2. The van der Waals surface area contributed by atoms with Gasteiger partial charge in [-0.2, -0.15) is 0 Å². The monoisotopic (exact) mass is 412 g/mol. The Kier molecular flexibility index (Phi) is 9.95. The van der Waals surface area contributed by atoms with Crippen LogP contribution in [0.3, 0.4) is 0 Å². The van der Waals surface area contributed by atoms with Crippen molar-refractivity contribution in [1.82, 2.24) is 0 Å². The van der Waals surface area contributed by atoms with Crippen molar-refractivity contribution in [3.05, 3.63) is 46.8 Å². The molecule has 1 aromatic rings. The zero-order valence-corrected chi connectivity index (χ0v) is 19.7. The Morgan fingerprint density at radius 3 is 2.23 bits per heavy atom. The molecular weight excluding hydrogens is 367 g/mol. The quantitative estimate of drug-likeness (QED) is 0.251. The number of benzene rings is 1. The molecule has 1 saturated carbocycles. The highest BCUT2D eigenvalue weighted by Crippen LogP contribution is 2.37. The Morgan fingerprint density at radius 1 is 0.833 bits per heavy atom. The Bertz CT molecular complexity index is 650. The molecule has 168 valence electrons. The van der Waals surface area contributed by atoms with Gasteiger partial charge in [0.25, 0.3) is 0 Å². The molecule has 0 heterocycles. The van der Waals surface area contributed by atoms with Crippen LogP contribution in [0.5, 0.6) is 0 Å². The highest BCUT2D eigenvalue weighted by molar-refractivity contribution is 5.24. The molecule has 0 saturated heterocycles. The number of aryl methyl sites for hydroxylation is 2. The molecule has 3 rings (SSSR count). The van der Waals surface area contributed by atoms with Gasteiger partial charge in [0.1, 0.15) is 5.82 Å². The fourth-order valence-corrected chi connectivity index (χ4v) is 5.67. The summed E-state index contributed by atoms with van der Waals surface area (Å²) in [6, 6.07) is 5.72. The van der Waals surface area contributed by atoms with Crippen molar-refractivity contribution in [3.8, 4) is 0 Å². The van der Waals surface area contributed by atoms with Crippen LogP contribution in [-0.4, -0.2) is 0 Å². The maximum Gasteiger partial charge on any atom is 0.126 e. The summed E-state index contributed by atoms with van der Waals surface area (Å²) in [5.41, 5.74) is 3.50. The highest BCUT2D eigenvalue weighted by atomic mass is 19.1. The summed E-state index contributed by atoms with van der Waals surface area (Å²) < 4.78 is 13.7. The van der Waals surface area contributed by atoms with E-state index in [1.54, 1.807) is 11.6 Å². The van der Waals surface area contributed by atoms with Crippen molar-refractivity contribution in [2.75, 3.05) is 0 Å². The van der Waals surface area contributed by atoms with Gasteiger partial charge in [-0.1, -0.05) is 94.9 Å². The fraction of sp³-hybridized carbons (Fsp3) is 0.724. The minimum absolute atomic E-state index is 0.0595. The number of allylic oxidation sites excluding steroid dienone is 2. The molecule has 0 amide bonds. The van der Waals surface area contributed by atoms with Crippen LogP contribution in [0.2, 0.25) is 0 Å². The van der Waals surface area contributed by atoms with Gasteiger partial charge in [-0.3, -0.25) is 0 Å². The zero-order valence-electron chi connectivity index (χ0n) is 19.7. The van der Waals surface area contributed by atoms with E-state index in [9.17, 15) is 4.39 Å². The molecule has 0 spiro atoms. The molecule has 0 radical (unpaired) electrons. The molecule has 1 heteroatoms. The van der Waals surface area contributed by atoms with E-state index in [4.69, 9.17) is 0 Å². The standard InChI is InChI=1S/C29H45F/c1-3-4-5-6-7-24-10-12-25(13-11-24)14-15-26-16-18-27(19-17-26)20-21-28-9-8-23(2)29(30)22-28/h8-9,18,22,24-26H,3-7,10-17,19-21H2,1-2H3/t24-,25-,26?. The van der Waals surface area contributed by atoms with Gasteiger partial charge in [-0.25, -0.2) is 4.39 Å². The van der Waals surface area contributed by atoms with E-state index in [1.807, 2.05) is 13.0 Å². The van der Waals surface area contributed by atoms with Gasteiger partial charge in [-0.05, 0) is 80.4 Å². The van der Waals surface area contributed by atoms with Crippen LogP contribution in [0.1, 0.15) is 114 Å². The van der Waals surface area contributed by atoms with Crippen LogP contribution >= 0.6 is 0 Å². The third-order valence-electron chi connectivity index (χ3n) is 8.00. The molecule has 30 heavy (non-hydrogen) atoms. The summed E-state index contributed by atoms with van der Waals surface area (Å²) in [5.74, 6) is 2.91. The predicted octanol–water partition coefficient (Wildman–Crippen LogP) is 9.35. The van der Waals surface area contributed by atoms with Crippen LogP contribution in [0.15, 0.2) is 29.8 Å². The summed E-state index contributed by atoms with van der Waals surface area (Å²) in [6.45, 7) is 4.14. The normalized spacial score (nSPS) is 24.6. The van der Waals surface area contributed by atoms with Gasteiger partial charge < -0.3 is 0 Å². The first-order valence-electron chi connectivity index (χ1n) is 13.1. The van der Waals surface area contributed by atoms with E-state index in [2.05, 4.69) is 19.1 Å². The van der Waals surface area contributed by atoms with E-state index in [1.165, 1.54) is 89.9 Å². The first-order chi connectivity index (χ1) is 14.6. The third kappa shape index (κ3) is 7.86. The summed E-state index contributed by atoms with van der Waals surface area (Å²) in [7, 11) is 0. The van der Waals surface area contributed by atoms with Crippen molar-refractivity contribution >= 4 is 0 Å². The van der Waals surface area contributed by atoms with Crippen molar-refractivity contribution in [1.29, 1.82) is 0 Å². The second-order valence-electron chi connectivity index (χ2n) is 10.4. The number of hydrogen-bond acceptors (Lipinski definition) is 0. The molecule has 0 bridgehead atoms. The van der Waals surface area contributed by atoms with Gasteiger partial charge in [0.2, 0.25) is 0 Å². The first-order valence-corrected chi connectivity index (χ1v) is 13.1. The molecule has 0 aromatic heterocycles. The van der Waals surface area contributed by atoms with E-state index in [0.29, 0.717) is 0 Å². The number of hydrogen-bond donors (Lipinski definition) is 0. The van der Waals surface area contributed by atoms with Gasteiger partial charge in [0.05, 0.1) is 0 Å². The van der Waals surface area contributed by atoms with Gasteiger partial charge in [0.15, 0.2) is 0 Å².